The van der Waals surface area contributed by atoms with Crippen molar-refractivity contribution >= 4 is 17.6 Å². The molecule has 21 heavy (non-hydrogen) atoms. The second-order valence-electron chi connectivity index (χ2n) is 4.92. The Morgan fingerprint density at radius 2 is 2.19 bits per heavy atom. The van der Waals surface area contributed by atoms with Gasteiger partial charge in [0.25, 0.3) is 0 Å². The third-order valence-electron chi connectivity index (χ3n) is 3.41. The molecule has 7 heteroatoms. The summed E-state index contributed by atoms with van der Waals surface area (Å²) in [6.07, 6.45) is 1.17. The standard InChI is InChI=1S/C14H18N4O3/c15-13(18-21)12(9-4-2-1-3-5-9)14(20)16-8-10-6-7-11(19)17-10/h1-5,10,12,21H,6-8H2,(H2,15,18)(H,16,20)(H,17,19). The highest BCUT2D eigenvalue weighted by atomic mass is 16.4. The van der Waals surface area contributed by atoms with Crippen LogP contribution in [-0.4, -0.2) is 35.4 Å². The zero-order chi connectivity index (χ0) is 15.2. The van der Waals surface area contributed by atoms with Gasteiger partial charge in [-0.05, 0) is 12.0 Å². The van der Waals surface area contributed by atoms with Gasteiger partial charge in [-0.1, -0.05) is 35.5 Å². The lowest BCUT2D eigenvalue weighted by atomic mass is 9.97. The van der Waals surface area contributed by atoms with Crippen molar-refractivity contribution in [2.75, 3.05) is 6.54 Å². The number of benzene rings is 1. The number of rotatable bonds is 5. The van der Waals surface area contributed by atoms with Gasteiger partial charge >= 0.3 is 0 Å². The molecule has 1 saturated heterocycles. The molecule has 5 N–H and O–H groups in total. The van der Waals surface area contributed by atoms with Gasteiger partial charge in [0.15, 0.2) is 5.84 Å². The first-order valence-electron chi connectivity index (χ1n) is 6.71. The van der Waals surface area contributed by atoms with E-state index < -0.39 is 5.92 Å². The zero-order valence-electron chi connectivity index (χ0n) is 11.5. The molecule has 2 atom stereocenters. The Morgan fingerprint density at radius 1 is 1.48 bits per heavy atom. The SMILES string of the molecule is NC(=NO)C(C(=O)NCC1CCC(=O)N1)c1ccccc1. The normalized spacial score (nSPS) is 19.9. The summed E-state index contributed by atoms with van der Waals surface area (Å²) in [6, 6.07) is 8.78. The van der Waals surface area contributed by atoms with Gasteiger partial charge in [-0.3, -0.25) is 9.59 Å². The van der Waals surface area contributed by atoms with Crippen molar-refractivity contribution in [3.05, 3.63) is 35.9 Å². The molecular weight excluding hydrogens is 272 g/mol. The van der Waals surface area contributed by atoms with E-state index in [1.807, 2.05) is 6.07 Å². The second-order valence-corrected chi connectivity index (χ2v) is 4.92. The average Bonchev–Trinajstić information content (AvgIpc) is 2.92. The van der Waals surface area contributed by atoms with Crippen molar-refractivity contribution in [3.8, 4) is 0 Å². The van der Waals surface area contributed by atoms with Crippen LogP contribution in [0.4, 0.5) is 0 Å². The smallest absolute Gasteiger partial charge is 0.235 e. The summed E-state index contributed by atoms with van der Waals surface area (Å²) < 4.78 is 0. The monoisotopic (exact) mass is 290 g/mol. The molecule has 1 fully saturated rings. The minimum absolute atomic E-state index is 0.00899. The largest absolute Gasteiger partial charge is 0.409 e. The van der Waals surface area contributed by atoms with Crippen LogP contribution in [0, 0.1) is 0 Å². The van der Waals surface area contributed by atoms with Crippen LogP contribution in [0.25, 0.3) is 0 Å². The van der Waals surface area contributed by atoms with Crippen molar-refractivity contribution in [1.29, 1.82) is 0 Å². The van der Waals surface area contributed by atoms with Crippen molar-refractivity contribution in [2.45, 2.75) is 24.8 Å². The van der Waals surface area contributed by atoms with E-state index in [4.69, 9.17) is 10.9 Å². The number of carbonyl (C=O) groups excluding carboxylic acids is 2. The van der Waals surface area contributed by atoms with Crippen LogP contribution in [0.2, 0.25) is 0 Å². The van der Waals surface area contributed by atoms with Crippen LogP contribution in [0.3, 0.4) is 0 Å². The third-order valence-corrected chi connectivity index (χ3v) is 3.41. The fourth-order valence-corrected chi connectivity index (χ4v) is 2.32. The number of hydrogen-bond donors (Lipinski definition) is 4. The lowest BCUT2D eigenvalue weighted by Gasteiger charge is -2.17. The topological polar surface area (TPSA) is 117 Å². The molecule has 7 nitrogen and oxygen atoms in total. The highest BCUT2D eigenvalue weighted by Gasteiger charge is 2.27. The zero-order valence-corrected chi connectivity index (χ0v) is 11.5. The summed E-state index contributed by atoms with van der Waals surface area (Å²) in [5.41, 5.74) is 6.26. The Morgan fingerprint density at radius 3 is 2.76 bits per heavy atom. The van der Waals surface area contributed by atoms with Crippen LogP contribution in [0.5, 0.6) is 0 Å². The Kier molecular flexibility index (Phi) is 4.76. The Labute approximate surface area is 122 Å². The molecule has 0 aromatic heterocycles. The minimum Gasteiger partial charge on any atom is -0.409 e. The summed E-state index contributed by atoms with van der Waals surface area (Å²) in [4.78, 5) is 23.4. The molecule has 0 spiro atoms. The average molecular weight is 290 g/mol. The van der Waals surface area contributed by atoms with Crippen molar-refractivity contribution < 1.29 is 14.8 Å². The molecule has 2 amide bonds. The fraction of sp³-hybridized carbons (Fsp3) is 0.357. The summed E-state index contributed by atoms with van der Waals surface area (Å²) in [5.74, 6) is -1.40. The molecule has 1 heterocycles. The first-order chi connectivity index (χ1) is 10.1. The van der Waals surface area contributed by atoms with E-state index in [9.17, 15) is 9.59 Å². The summed E-state index contributed by atoms with van der Waals surface area (Å²) in [6.45, 7) is 0.326. The maximum atomic E-state index is 12.3. The van der Waals surface area contributed by atoms with Gasteiger partial charge in [0.1, 0.15) is 5.92 Å². The minimum atomic E-state index is -0.853. The molecule has 0 radical (unpaired) electrons. The first kappa shape index (κ1) is 14.8. The van der Waals surface area contributed by atoms with Gasteiger partial charge in [-0.15, -0.1) is 0 Å². The van der Waals surface area contributed by atoms with Crippen LogP contribution in [0.1, 0.15) is 24.3 Å². The van der Waals surface area contributed by atoms with Gasteiger partial charge in [-0.25, -0.2) is 0 Å². The van der Waals surface area contributed by atoms with Crippen LogP contribution >= 0.6 is 0 Å². The Balaban J connectivity index is 2.03. The molecule has 1 aromatic rings. The highest BCUT2D eigenvalue weighted by molar-refractivity contribution is 6.07. The molecule has 0 saturated carbocycles. The number of nitrogens with zero attached hydrogens (tertiary/aromatic N) is 1. The van der Waals surface area contributed by atoms with E-state index in [1.165, 1.54) is 0 Å². The molecular formula is C14H18N4O3. The first-order valence-corrected chi connectivity index (χ1v) is 6.71. The maximum absolute atomic E-state index is 12.3. The lowest BCUT2D eigenvalue weighted by Crippen LogP contribution is -2.43. The van der Waals surface area contributed by atoms with Gasteiger partial charge in [-0.2, -0.15) is 0 Å². The van der Waals surface area contributed by atoms with E-state index in [2.05, 4.69) is 15.8 Å². The number of amides is 2. The van der Waals surface area contributed by atoms with E-state index in [1.54, 1.807) is 24.3 Å². The molecule has 1 aliphatic heterocycles. The van der Waals surface area contributed by atoms with E-state index >= 15 is 0 Å². The number of oxime groups is 1. The van der Waals surface area contributed by atoms with E-state index in [0.717, 1.165) is 0 Å². The summed E-state index contributed by atoms with van der Waals surface area (Å²) >= 11 is 0. The number of nitrogens with one attached hydrogen (secondary N) is 2. The molecule has 2 unspecified atom stereocenters. The van der Waals surface area contributed by atoms with Gasteiger partial charge in [0.05, 0.1) is 0 Å². The molecule has 0 aliphatic carbocycles. The van der Waals surface area contributed by atoms with Crippen molar-refractivity contribution in [3.63, 3.8) is 0 Å². The Hall–Kier alpha value is -2.57. The predicted octanol–water partition coefficient (Wildman–Crippen LogP) is -0.0886. The van der Waals surface area contributed by atoms with Crippen LogP contribution in [-0.2, 0) is 9.59 Å². The lowest BCUT2D eigenvalue weighted by molar-refractivity contribution is -0.122. The Bertz CT molecular complexity index is 544. The van der Waals surface area contributed by atoms with Crippen molar-refractivity contribution in [1.82, 2.24) is 10.6 Å². The van der Waals surface area contributed by atoms with Gasteiger partial charge in [0, 0.05) is 19.0 Å². The van der Waals surface area contributed by atoms with Crippen LogP contribution < -0.4 is 16.4 Å². The number of amidine groups is 1. The third kappa shape index (κ3) is 3.71. The molecule has 112 valence electrons. The number of carbonyl (C=O) groups is 2. The quantitative estimate of drug-likeness (QED) is 0.262. The van der Waals surface area contributed by atoms with Gasteiger partial charge in [0.2, 0.25) is 11.8 Å². The number of nitrogens with two attached hydrogens (primary N) is 1. The fourth-order valence-electron chi connectivity index (χ4n) is 2.32. The molecule has 2 rings (SSSR count). The van der Waals surface area contributed by atoms with E-state index in [-0.39, 0.29) is 23.7 Å². The van der Waals surface area contributed by atoms with Crippen LogP contribution in [0.15, 0.2) is 35.5 Å². The molecule has 0 bridgehead atoms. The highest BCUT2D eigenvalue weighted by Crippen LogP contribution is 2.16. The predicted molar refractivity (Wildman–Crippen MR) is 76.8 cm³/mol. The maximum Gasteiger partial charge on any atom is 0.235 e. The second kappa shape index (κ2) is 6.74. The van der Waals surface area contributed by atoms with Gasteiger partial charge < -0.3 is 21.6 Å². The van der Waals surface area contributed by atoms with E-state index in [0.29, 0.717) is 24.9 Å². The summed E-state index contributed by atoms with van der Waals surface area (Å²) in [7, 11) is 0. The molecule has 1 aromatic carbocycles. The summed E-state index contributed by atoms with van der Waals surface area (Å²) in [5, 5.41) is 17.3. The van der Waals surface area contributed by atoms with Crippen molar-refractivity contribution in [2.24, 2.45) is 10.9 Å². The number of hydrogen-bond acceptors (Lipinski definition) is 4. The molecule has 1 aliphatic rings.